The first-order chi connectivity index (χ1) is 12.9. The highest BCUT2D eigenvalue weighted by atomic mass is 16.5. The first-order valence-corrected chi connectivity index (χ1v) is 9.79. The number of hydrogen-bond acceptors (Lipinski definition) is 3. The number of benzene rings is 1. The van der Waals surface area contributed by atoms with E-state index in [0.717, 1.165) is 12.3 Å². The number of carbonyl (C=O) groups is 2. The molecule has 0 aromatic heterocycles. The van der Waals surface area contributed by atoms with E-state index in [1.54, 1.807) is 31.4 Å². The average Bonchev–Trinajstić information content (AvgIpc) is 2.67. The number of methoxy groups -OCH3 is 1. The summed E-state index contributed by atoms with van der Waals surface area (Å²) < 4.78 is 5.12. The van der Waals surface area contributed by atoms with Gasteiger partial charge in [0.1, 0.15) is 5.75 Å². The van der Waals surface area contributed by atoms with Gasteiger partial charge in [0, 0.05) is 25.1 Å². The molecule has 2 unspecified atom stereocenters. The van der Waals surface area contributed by atoms with E-state index in [-0.39, 0.29) is 18.2 Å². The molecule has 146 valence electrons. The van der Waals surface area contributed by atoms with Crippen molar-refractivity contribution < 1.29 is 14.3 Å². The van der Waals surface area contributed by atoms with E-state index in [0.29, 0.717) is 35.7 Å². The molecule has 0 spiro atoms. The highest BCUT2D eigenvalue weighted by molar-refractivity contribution is 5.94. The summed E-state index contributed by atoms with van der Waals surface area (Å²) in [4.78, 5) is 24.1. The van der Waals surface area contributed by atoms with Gasteiger partial charge in [-0.15, -0.1) is 0 Å². The number of allylic oxidation sites excluding steroid dienone is 1. The third kappa shape index (κ3) is 4.34. The minimum absolute atomic E-state index is 0.0249. The summed E-state index contributed by atoms with van der Waals surface area (Å²) in [6.07, 6.45) is 6.09. The van der Waals surface area contributed by atoms with Crippen LogP contribution in [0.25, 0.3) is 0 Å². The minimum Gasteiger partial charge on any atom is -0.497 e. The third-order valence-corrected chi connectivity index (χ3v) is 6.29. The molecule has 27 heavy (non-hydrogen) atoms. The maximum Gasteiger partial charge on any atom is 0.251 e. The molecule has 0 heterocycles. The third-order valence-electron chi connectivity index (χ3n) is 6.29. The van der Waals surface area contributed by atoms with Crippen molar-refractivity contribution in [2.75, 3.05) is 20.2 Å². The summed E-state index contributed by atoms with van der Waals surface area (Å²) in [5, 5.41) is 5.75. The van der Waals surface area contributed by atoms with Gasteiger partial charge in [-0.1, -0.05) is 31.6 Å². The number of rotatable bonds is 8. The quantitative estimate of drug-likeness (QED) is 0.690. The zero-order chi connectivity index (χ0) is 19.4. The number of amides is 2. The molecule has 5 heteroatoms. The molecule has 2 atom stereocenters. The van der Waals surface area contributed by atoms with Crippen LogP contribution in [0.3, 0.4) is 0 Å². The Morgan fingerprint density at radius 1 is 1.22 bits per heavy atom. The van der Waals surface area contributed by atoms with Crippen LogP contribution in [-0.4, -0.2) is 32.0 Å². The minimum atomic E-state index is -0.198. The van der Waals surface area contributed by atoms with Gasteiger partial charge in [-0.2, -0.15) is 0 Å². The van der Waals surface area contributed by atoms with E-state index in [9.17, 15) is 9.59 Å². The normalized spacial score (nSPS) is 22.3. The van der Waals surface area contributed by atoms with Gasteiger partial charge in [-0.3, -0.25) is 9.59 Å². The summed E-state index contributed by atoms with van der Waals surface area (Å²) in [5.74, 6) is 1.95. The maximum absolute atomic E-state index is 12.1. The van der Waals surface area contributed by atoms with Gasteiger partial charge in [0.15, 0.2) is 0 Å². The first kappa shape index (κ1) is 19.5. The van der Waals surface area contributed by atoms with Gasteiger partial charge in [0.05, 0.1) is 7.11 Å². The molecule has 3 aliphatic carbocycles. The molecule has 1 aromatic carbocycles. The summed E-state index contributed by atoms with van der Waals surface area (Å²) >= 11 is 0. The van der Waals surface area contributed by atoms with Crippen LogP contribution in [0.5, 0.6) is 5.75 Å². The number of carbonyl (C=O) groups excluding carboxylic acids is 2. The second kappa shape index (κ2) is 8.15. The lowest BCUT2D eigenvalue weighted by atomic mass is 9.48. The molecule has 1 aromatic rings. The molecule has 2 amide bonds. The average molecular weight is 370 g/mol. The summed E-state index contributed by atoms with van der Waals surface area (Å²) in [6, 6.07) is 6.96. The van der Waals surface area contributed by atoms with Crippen molar-refractivity contribution in [3.8, 4) is 5.75 Å². The van der Waals surface area contributed by atoms with Crippen LogP contribution in [0, 0.1) is 17.3 Å². The van der Waals surface area contributed by atoms with Crippen molar-refractivity contribution in [3.63, 3.8) is 0 Å². The fraction of sp³-hybridized carbons (Fsp3) is 0.545. The van der Waals surface area contributed by atoms with Crippen LogP contribution in [0.1, 0.15) is 49.9 Å². The summed E-state index contributed by atoms with van der Waals surface area (Å²) in [5.41, 5.74) is 2.47. The molecule has 4 rings (SSSR count). The van der Waals surface area contributed by atoms with Crippen molar-refractivity contribution >= 4 is 11.8 Å². The van der Waals surface area contributed by atoms with E-state index in [1.807, 2.05) is 0 Å². The molecular weight excluding hydrogens is 340 g/mol. The Labute approximate surface area is 161 Å². The maximum atomic E-state index is 12.1. The van der Waals surface area contributed by atoms with Gasteiger partial charge < -0.3 is 15.4 Å². The van der Waals surface area contributed by atoms with Crippen molar-refractivity contribution in [1.29, 1.82) is 0 Å². The fourth-order valence-corrected chi connectivity index (χ4v) is 4.35. The Morgan fingerprint density at radius 3 is 2.74 bits per heavy atom. The lowest BCUT2D eigenvalue weighted by molar-refractivity contribution is -0.120. The topological polar surface area (TPSA) is 67.4 Å². The zero-order valence-corrected chi connectivity index (χ0v) is 16.5. The molecule has 0 saturated heterocycles. The Balaban J connectivity index is 1.34. The fourth-order valence-electron chi connectivity index (χ4n) is 4.35. The Morgan fingerprint density at radius 2 is 2.04 bits per heavy atom. The first-order valence-electron chi connectivity index (χ1n) is 9.79. The molecule has 5 nitrogen and oxygen atoms in total. The van der Waals surface area contributed by atoms with Crippen LogP contribution < -0.4 is 15.4 Å². The van der Waals surface area contributed by atoms with Gasteiger partial charge in [0.25, 0.3) is 5.91 Å². The van der Waals surface area contributed by atoms with Gasteiger partial charge >= 0.3 is 0 Å². The van der Waals surface area contributed by atoms with Crippen LogP contribution in [-0.2, 0) is 4.79 Å². The van der Waals surface area contributed by atoms with E-state index in [4.69, 9.17) is 4.74 Å². The van der Waals surface area contributed by atoms with Crippen molar-refractivity contribution in [2.24, 2.45) is 17.3 Å². The van der Waals surface area contributed by atoms with E-state index in [2.05, 4.69) is 30.6 Å². The number of nitrogens with one attached hydrogen (secondary N) is 2. The Bertz CT molecular complexity index is 739. The largest absolute Gasteiger partial charge is 0.497 e. The predicted octanol–water partition coefficient (Wildman–Crippen LogP) is 3.31. The smallest absolute Gasteiger partial charge is 0.251 e. The SMILES string of the molecule is COc1cccc(C(=O)NCCC(=O)NCCC2=CCC3CC2C3(C)C)c1. The molecule has 0 radical (unpaired) electrons. The summed E-state index contributed by atoms with van der Waals surface area (Å²) in [6.45, 7) is 5.72. The lowest BCUT2D eigenvalue weighted by Crippen LogP contribution is -2.48. The Kier molecular flexibility index (Phi) is 5.88. The summed E-state index contributed by atoms with van der Waals surface area (Å²) in [7, 11) is 1.56. The lowest BCUT2D eigenvalue weighted by Gasteiger charge is -2.56. The molecule has 1 fully saturated rings. The standard InChI is InChI=1S/C22H30N2O3/c1-22(2)17-8-7-15(19(22)14-17)9-11-23-20(25)10-12-24-21(26)16-5-4-6-18(13-16)27-3/h4-7,13,17,19H,8-12,14H2,1-3H3,(H,23,25)(H,24,26). The van der Waals surface area contributed by atoms with Crippen LogP contribution >= 0.6 is 0 Å². The second-order valence-electron chi connectivity index (χ2n) is 8.16. The van der Waals surface area contributed by atoms with E-state index >= 15 is 0 Å². The Hall–Kier alpha value is -2.30. The van der Waals surface area contributed by atoms with Crippen LogP contribution in [0.4, 0.5) is 0 Å². The molecule has 3 aliphatic rings. The number of fused-ring (bicyclic) bond motifs is 1. The number of ether oxygens (including phenoxy) is 1. The number of hydrogen-bond donors (Lipinski definition) is 2. The monoisotopic (exact) mass is 370 g/mol. The van der Waals surface area contributed by atoms with E-state index in [1.165, 1.54) is 18.4 Å². The second-order valence-corrected chi connectivity index (χ2v) is 8.16. The van der Waals surface area contributed by atoms with E-state index < -0.39 is 0 Å². The molecule has 0 aliphatic heterocycles. The van der Waals surface area contributed by atoms with Gasteiger partial charge in [-0.25, -0.2) is 0 Å². The molecule has 1 saturated carbocycles. The van der Waals surface area contributed by atoms with Crippen LogP contribution in [0.15, 0.2) is 35.9 Å². The predicted molar refractivity (Wildman–Crippen MR) is 106 cm³/mol. The van der Waals surface area contributed by atoms with Gasteiger partial charge in [-0.05, 0) is 54.7 Å². The molecule has 2 bridgehead atoms. The molecular formula is C22H30N2O3. The van der Waals surface area contributed by atoms with Crippen molar-refractivity contribution in [3.05, 3.63) is 41.5 Å². The highest BCUT2D eigenvalue weighted by Gasteiger charge is 2.50. The van der Waals surface area contributed by atoms with Gasteiger partial charge in [0.2, 0.25) is 5.91 Å². The molecule has 2 N–H and O–H groups in total. The van der Waals surface area contributed by atoms with Crippen molar-refractivity contribution in [1.82, 2.24) is 10.6 Å². The van der Waals surface area contributed by atoms with Crippen molar-refractivity contribution in [2.45, 2.75) is 39.5 Å². The highest BCUT2D eigenvalue weighted by Crippen LogP contribution is 2.59. The van der Waals surface area contributed by atoms with Crippen LogP contribution in [0.2, 0.25) is 0 Å². The zero-order valence-electron chi connectivity index (χ0n) is 16.5.